The summed E-state index contributed by atoms with van der Waals surface area (Å²) in [6.07, 6.45) is -0.308. The van der Waals surface area contributed by atoms with Crippen molar-refractivity contribution in [1.82, 2.24) is 5.32 Å². The normalized spacial score (nSPS) is 31.9. The molecular formula is C5H11NO2. The molecule has 0 aromatic heterocycles. The van der Waals surface area contributed by atoms with Crippen LogP contribution < -0.4 is 5.32 Å². The Morgan fingerprint density at radius 1 is 1.62 bits per heavy atom. The summed E-state index contributed by atoms with van der Waals surface area (Å²) in [6.45, 7) is 2.72. The minimum absolute atomic E-state index is 0.308. The number of aliphatic hydroxyl groups excluding tert-OH is 1. The van der Waals surface area contributed by atoms with E-state index in [0.29, 0.717) is 13.2 Å². The predicted molar refractivity (Wildman–Crippen MR) is 29.7 cm³/mol. The van der Waals surface area contributed by atoms with E-state index in [1.165, 1.54) is 0 Å². The van der Waals surface area contributed by atoms with E-state index in [0.717, 1.165) is 13.2 Å². The van der Waals surface area contributed by atoms with Crippen LogP contribution in [0.25, 0.3) is 0 Å². The van der Waals surface area contributed by atoms with Crippen molar-refractivity contribution in [2.75, 3.05) is 26.3 Å². The molecule has 8 heavy (non-hydrogen) atoms. The van der Waals surface area contributed by atoms with E-state index in [1.54, 1.807) is 0 Å². The molecule has 0 bridgehead atoms. The summed E-state index contributed by atoms with van der Waals surface area (Å²) in [5.41, 5.74) is 0. The van der Waals surface area contributed by atoms with E-state index in [1.807, 2.05) is 0 Å². The second-order valence-electron chi connectivity index (χ2n) is 1.93. The molecule has 2 N–H and O–H groups in total. The summed E-state index contributed by atoms with van der Waals surface area (Å²) >= 11 is 0. The van der Waals surface area contributed by atoms with Crippen molar-refractivity contribution in [1.29, 1.82) is 0 Å². The van der Waals surface area contributed by atoms with Crippen LogP contribution >= 0.6 is 0 Å². The average Bonchev–Trinajstić information content (AvgIpc) is 1.94. The molecule has 0 saturated carbocycles. The summed E-state index contributed by atoms with van der Waals surface area (Å²) in [4.78, 5) is 0. The number of β-amino-alcohol motifs (C(OH)–C–C–N with tert-alkyl or cyclic N) is 1. The third-order valence-corrected chi connectivity index (χ3v) is 1.11. The van der Waals surface area contributed by atoms with Gasteiger partial charge in [0, 0.05) is 13.1 Å². The molecule has 1 atom stereocenters. The van der Waals surface area contributed by atoms with Gasteiger partial charge in [0.2, 0.25) is 0 Å². The number of ether oxygens (including phenoxy) is 1. The van der Waals surface area contributed by atoms with Crippen molar-refractivity contribution >= 4 is 0 Å². The standard InChI is InChI=1S/C5H11NO2/c7-5-3-6-1-2-8-4-5/h5-7H,1-4H2/t5-/m0/s1. The largest absolute Gasteiger partial charge is 0.389 e. The Balaban J connectivity index is 2.17. The Labute approximate surface area is 48.7 Å². The first-order valence-corrected chi connectivity index (χ1v) is 2.86. The van der Waals surface area contributed by atoms with Gasteiger partial charge in [-0.1, -0.05) is 0 Å². The van der Waals surface area contributed by atoms with Crippen LogP contribution in [0.1, 0.15) is 0 Å². The molecule has 48 valence electrons. The number of aliphatic hydroxyl groups is 1. The van der Waals surface area contributed by atoms with Gasteiger partial charge in [0.05, 0.1) is 19.3 Å². The maximum absolute atomic E-state index is 8.90. The third-order valence-electron chi connectivity index (χ3n) is 1.11. The van der Waals surface area contributed by atoms with E-state index < -0.39 is 0 Å². The van der Waals surface area contributed by atoms with Crippen LogP contribution in [-0.2, 0) is 4.74 Å². The van der Waals surface area contributed by atoms with Gasteiger partial charge in [0.1, 0.15) is 0 Å². The van der Waals surface area contributed by atoms with Crippen molar-refractivity contribution in [3.8, 4) is 0 Å². The van der Waals surface area contributed by atoms with Crippen LogP contribution in [0.3, 0.4) is 0 Å². The Morgan fingerprint density at radius 3 is 3.38 bits per heavy atom. The molecule has 3 nitrogen and oxygen atoms in total. The van der Waals surface area contributed by atoms with Crippen molar-refractivity contribution in [2.45, 2.75) is 6.10 Å². The zero-order chi connectivity index (χ0) is 5.82. The Morgan fingerprint density at radius 2 is 2.50 bits per heavy atom. The second-order valence-corrected chi connectivity index (χ2v) is 1.93. The fourth-order valence-electron chi connectivity index (χ4n) is 0.691. The highest BCUT2D eigenvalue weighted by Crippen LogP contribution is 1.86. The third kappa shape index (κ3) is 1.78. The molecule has 1 aliphatic heterocycles. The minimum atomic E-state index is -0.308. The fraction of sp³-hybridized carbons (Fsp3) is 1.00. The first-order chi connectivity index (χ1) is 3.89. The van der Waals surface area contributed by atoms with Crippen LogP contribution in [0.5, 0.6) is 0 Å². The van der Waals surface area contributed by atoms with Crippen LogP contribution in [-0.4, -0.2) is 37.5 Å². The van der Waals surface area contributed by atoms with E-state index in [9.17, 15) is 0 Å². The summed E-state index contributed by atoms with van der Waals surface area (Å²) < 4.78 is 4.99. The molecule has 3 heteroatoms. The lowest BCUT2D eigenvalue weighted by atomic mass is 10.4. The van der Waals surface area contributed by atoms with Crippen molar-refractivity contribution < 1.29 is 9.84 Å². The van der Waals surface area contributed by atoms with Gasteiger partial charge in [0.25, 0.3) is 0 Å². The Hall–Kier alpha value is -0.120. The van der Waals surface area contributed by atoms with Crippen LogP contribution in [0.4, 0.5) is 0 Å². The van der Waals surface area contributed by atoms with Crippen molar-refractivity contribution in [3.63, 3.8) is 0 Å². The summed E-state index contributed by atoms with van der Waals surface area (Å²) in [6, 6.07) is 0. The fourth-order valence-corrected chi connectivity index (χ4v) is 0.691. The molecular weight excluding hydrogens is 106 g/mol. The lowest BCUT2D eigenvalue weighted by Gasteiger charge is -2.02. The highest BCUT2D eigenvalue weighted by atomic mass is 16.5. The molecule has 1 rings (SSSR count). The lowest BCUT2D eigenvalue weighted by molar-refractivity contribution is 0.0594. The SMILES string of the molecule is O[C@H]1CNCCOC1. The number of rotatable bonds is 0. The number of hydrogen-bond acceptors (Lipinski definition) is 3. The highest BCUT2D eigenvalue weighted by Gasteiger charge is 2.05. The maximum Gasteiger partial charge on any atom is 0.0897 e. The molecule has 0 aromatic rings. The van der Waals surface area contributed by atoms with E-state index in [4.69, 9.17) is 9.84 Å². The summed E-state index contributed by atoms with van der Waals surface area (Å²) in [5, 5.41) is 11.9. The number of hydrogen-bond donors (Lipinski definition) is 2. The quantitative estimate of drug-likeness (QED) is 0.426. The Bertz CT molecular complexity index is 59.4. The monoisotopic (exact) mass is 117 g/mol. The molecule has 0 amide bonds. The minimum Gasteiger partial charge on any atom is -0.389 e. The molecule has 1 heterocycles. The molecule has 0 aromatic carbocycles. The van der Waals surface area contributed by atoms with Gasteiger partial charge in [-0.05, 0) is 0 Å². The molecule has 0 radical (unpaired) electrons. The van der Waals surface area contributed by atoms with Gasteiger partial charge in [-0.15, -0.1) is 0 Å². The van der Waals surface area contributed by atoms with E-state index in [-0.39, 0.29) is 6.10 Å². The smallest absolute Gasteiger partial charge is 0.0897 e. The molecule has 1 saturated heterocycles. The topological polar surface area (TPSA) is 41.5 Å². The van der Waals surface area contributed by atoms with Gasteiger partial charge < -0.3 is 15.2 Å². The first kappa shape index (κ1) is 6.01. The summed E-state index contributed by atoms with van der Waals surface area (Å²) in [7, 11) is 0. The van der Waals surface area contributed by atoms with E-state index in [2.05, 4.69) is 5.32 Å². The molecule has 0 spiro atoms. The van der Waals surface area contributed by atoms with Crippen LogP contribution in [0.15, 0.2) is 0 Å². The van der Waals surface area contributed by atoms with Crippen molar-refractivity contribution in [3.05, 3.63) is 0 Å². The zero-order valence-corrected chi connectivity index (χ0v) is 4.76. The molecule has 1 fully saturated rings. The van der Waals surface area contributed by atoms with Crippen molar-refractivity contribution in [2.24, 2.45) is 0 Å². The van der Waals surface area contributed by atoms with Gasteiger partial charge in [0.15, 0.2) is 0 Å². The average molecular weight is 117 g/mol. The zero-order valence-electron chi connectivity index (χ0n) is 4.76. The maximum atomic E-state index is 8.90. The van der Waals surface area contributed by atoms with Crippen LogP contribution in [0, 0.1) is 0 Å². The number of nitrogens with one attached hydrogen (secondary N) is 1. The second kappa shape index (κ2) is 3.02. The molecule has 0 unspecified atom stereocenters. The predicted octanol–water partition coefficient (Wildman–Crippen LogP) is -1.03. The first-order valence-electron chi connectivity index (χ1n) is 2.86. The van der Waals surface area contributed by atoms with Gasteiger partial charge >= 0.3 is 0 Å². The highest BCUT2D eigenvalue weighted by molar-refractivity contribution is 4.61. The lowest BCUT2D eigenvalue weighted by Crippen LogP contribution is -2.26. The van der Waals surface area contributed by atoms with E-state index >= 15 is 0 Å². The molecule has 1 aliphatic rings. The van der Waals surface area contributed by atoms with Crippen LogP contribution in [0.2, 0.25) is 0 Å². The summed E-state index contributed by atoms with van der Waals surface area (Å²) in [5.74, 6) is 0. The Kier molecular flexibility index (Phi) is 2.27. The molecule has 0 aliphatic carbocycles. The van der Waals surface area contributed by atoms with Gasteiger partial charge in [-0.2, -0.15) is 0 Å². The van der Waals surface area contributed by atoms with Gasteiger partial charge in [-0.3, -0.25) is 0 Å². The van der Waals surface area contributed by atoms with Gasteiger partial charge in [-0.25, -0.2) is 0 Å².